The van der Waals surface area contributed by atoms with Gasteiger partial charge in [0.1, 0.15) is 0 Å². The number of benzene rings is 2. The fourth-order valence-electron chi connectivity index (χ4n) is 4.45. The first-order valence-electron chi connectivity index (χ1n) is 10.1. The van der Waals surface area contributed by atoms with Crippen LogP contribution in [0.3, 0.4) is 0 Å². The first-order chi connectivity index (χ1) is 14.0. The van der Waals surface area contributed by atoms with Crippen molar-refractivity contribution in [2.75, 3.05) is 5.32 Å². The molecule has 0 saturated heterocycles. The number of aromatic nitrogens is 1. The summed E-state index contributed by atoms with van der Waals surface area (Å²) in [6.45, 7) is 1.92. The number of fused-ring (bicyclic) bond motifs is 1. The highest BCUT2D eigenvalue weighted by Gasteiger charge is 2.30. The first kappa shape index (κ1) is 19.5. The van der Waals surface area contributed by atoms with E-state index in [4.69, 9.17) is 0 Å². The summed E-state index contributed by atoms with van der Waals surface area (Å²) in [6, 6.07) is 13.8. The van der Waals surface area contributed by atoms with Crippen LogP contribution in [0.15, 0.2) is 54.7 Å². The maximum absolute atomic E-state index is 13.4. The minimum atomic E-state index is -0.958. The van der Waals surface area contributed by atoms with Gasteiger partial charge in [-0.25, -0.2) is 8.78 Å². The lowest BCUT2D eigenvalue weighted by atomic mass is 9.73. The summed E-state index contributed by atoms with van der Waals surface area (Å²) in [6.07, 6.45) is 5.87. The number of hydrogen-bond acceptors (Lipinski definition) is 2. The molecule has 1 heterocycles. The number of para-hydroxylation sites is 1. The van der Waals surface area contributed by atoms with Crippen LogP contribution in [-0.2, 0) is 4.79 Å². The molecule has 1 fully saturated rings. The summed E-state index contributed by atoms with van der Waals surface area (Å²) in [4.78, 5) is 17.1. The highest BCUT2D eigenvalue weighted by Crippen LogP contribution is 2.40. The van der Waals surface area contributed by atoms with E-state index in [-0.39, 0.29) is 23.4 Å². The molecule has 150 valence electrons. The molecule has 0 bridgehead atoms. The lowest BCUT2D eigenvalue weighted by molar-refractivity contribution is -0.121. The van der Waals surface area contributed by atoms with Gasteiger partial charge < -0.3 is 5.32 Å². The summed E-state index contributed by atoms with van der Waals surface area (Å²) >= 11 is 0. The highest BCUT2D eigenvalue weighted by atomic mass is 19.2. The average Bonchev–Trinajstić information content (AvgIpc) is 2.75. The maximum Gasteiger partial charge on any atom is 0.227 e. The van der Waals surface area contributed by atoms with E-state index in [0.717, 1.165) is 43.3 Å². The van der Waals surface area contributed by atoms with E-state index in [1.807, 2.05) is 31.3 Å². The Hall–Kier alpha value is -2.82. The van der Waals surface area contributed by atoms with Crippen LogP contribution < -0.4 is 5.32 Å². The summed E-state index contributed by atoms with van der Waals surface area (Å²) in [5.41, 5.74) is 2.65. The minimum Gasteiger partial charge on any atom is -0.326 e. The Morgan fingerprint density at radius 3 is 2.55 bits per heavy atom. The molecule has 5 heteroatoms. The second-order valence-electron chi connectivity index (χ2n) is 7.94. The molecule has 1 atom stereocenters. The molecular weight excluding hydrogens is 370 g/mol. The van der Waals surface area contributed by atoms with Gasteiger partial charge in [0.25, 0.3) is 0 Å². The molecule has 29 heavy (non-hydrogen) atoms. The van der Waals surface area contributed by atoms with Crippen molar-refractivity contribution in [1.29, 1.82) is 0 Å². The maximum atomic E-state index is 13.4. The van der Waals surface area contributed by atoms with Gasteiger partial charge in [-0.2, -0.15) is 0 Å². The third-order valence-electron chi connectivity index (χ3n) is 6.20. The number of nitrogens with one attached hydrogen (secondary N) is 1. The lowest BCUT2D eigenvalue weighted by Gasteiger charge is -2.32. The SMILES string of the molecule is CC(C(=O)Nc1ccc(F)c(F)c1)C1CCC(c2ccnc3ccccc23)CC1. The van der Waals surface area contributed by atoms with Crippen LogP contribution in [0.1, 0.15) is 44.1 Å². The second-order valence-corrected chi connectivity index (χ2v) is 7.94. The van der Waals surface area contributed by atoms with Crippen molar-refractivity contribution < 1.29 is 13.6 Å². The summed E-state index contributed by atoms with van der Waals surface area (Å²) in [5.74, 6) is -1.45. The van der Waals surface area contributed by atoms with Gasteiger partial charge in [0.15, 0.2) is 11.6 Å². The van der Waals surface area contributed by atoms with Gasteiger partial charge in [-0.3, -0.25) is 9.78 Å². The largest absolute Gasteiger partial charge is 0.326 e. The summed E-state index contributed by atoms with van der Waals surface area (Å²) in [5, 5.41) is 3.93. The van der Waals surface area contributed by atoms with Crippen molar-refractivity contribution in [3.05, 3.63) is 71.9 Å². The van der Waals surface area contributed by atoms with Crippen molar-refractivity contribution in [1.82, 2.24) is 4.98 Å². The molecule has 1 aromatic heterocycles. The predicted molar refractivity (Wildman–Crippen MR) is 111 cm³/mol. The predicted octanol–water partition coefficient (Wildman–Crippen LogP) is 6.06. The second kappa shape index (κ2) is 8.27. The molecule has 1 amide bonds. The van der Waals surface area contributed by atoms with E-state index in [9.17, 15) is 13.6 Å². The van der Waals surface area contributed by atoms with Crippen molar-refractivity contribution in [2.45, 2.75) is 38.5 Å². The zero-order chi connectivity index (χ0) is 20.4. The van der Waals surface area contributed by atoms with Crippen LogP contribution in [-0.4, -0.2) is 10.9 Å². The van der Waals surface area contributed by atoms with Crippen molar-refractivity contribution >= 4 is 22.5 Å². The van der Waals surface area contributed by atoms with E-state index in [1.165, 1.54) is 17.0 Å². The van der Waals surface area contributed by atoms with Crippen molar-refractivity contribution in [2.24, 2.45) is 11.8 Å². The molecule has 1 unspecified atom stereocenters. The molecular formula is C24H24F2N2O. The van der Waals surface area contributed by atoms with Crippen LogP contribution in [0, 0.1) is 23.5 Å². The Labute approximate surface area is 169 Å². The van der Waals surface area contributed by atoms with Gasteiger partial charge in [0.05, 0.1) is 5.52 Å². The van der Waals surface area contributed by atoms with E-state index in [1.54, 1.807) is 0 Å². The smallest absolute Gasteiger partial charge is 0.227 e. The Morgan fingerprint density at radius 1 is 1.03 bits per heavy atom. The standard InChI is InChI=1S/C24H24F2N2O/c1-15(24(29)28-18-10-11-21(25)22(26)14-18)16-6-8-17(9-7-16)19-12-13-27-23-5-3-2-4-20(19)23/h2-5,10-17H,6-9H2,1H3,(H,28,29). The molecule has 0 aliphatic heterocycles. The van der Waals surface area contributed by atoms with Gasteiger partial charge in [-0.15, -0.1) is 0 Å². The zero-order valence-electron chi connectivity index (χ0n) is 16.4. The molecule has 1 saturated carbocycles. The quantitative estimate of drug-likeness (QED) is 0.584. The van der Waals surface area contributed by atoms with Gasteiger partial charge in [-0.05, 0) is 67.3 Å². The van der Waals surface area contributed by atoms with Gasteiger partial charge in [0, 0.05) is 29.3 Å². The summed E-state index contributed by atoms with van der Waals surface area (Å²) in [7, 11) is 0. The third kappa shape index (κ3) is 4.14. The Kier molecular flexibility index (Phi) is 5.56. The van der Waals surface area contributed by atoms with Crippen molar-refractivity contribution in [3.8, 4) is 0 Å². The van der Waals surface area contributed by atoms with E-state index < -0.39 is 11.6 Å². The number of carbonyl (C=O) groups excluding carboxylic acids is 1. The lowest BCUT2D eigenvalue weighted by Crippen LogP contribution is -2.29. The Balaban J connectivity index is 1.39. The van der Waals surface area contributed by atoms with Crippen LogP contribution in [0.4, 0.5) is 14.5 Å². The van der Waals surface area contributed by atoms with Gasteiger partial charge in [0.2, 0.25) is 5.91 Å². The molecule has 1 N–H and O–H groups in total. The van der Waals surface area contributed by atoms with Gasteiger partial charge in [-0.1, -0.05) is 25.1 Å². The van der Waals surface area contributed by atoms with Crippen LogP contribution in [0.5, 0.6) is 0 Å². The number of amides is 1. The minimum absolute atomic E-state index is 0.145. The monoisotopic (exact) mass is 394 g/mol. The average molecular weight is 394 g/mol. The fourth-order valence-corrected chi connectivity index (χ4v) is 4.45. The van der Waals surface area contributed by atoms with E-state index >= 15 is 0 Å². The number of rotatable bonds is 4. The molecule has 3 nitrogen and oxygen atoms in total. The van der Waals surface area contributed by atoms with Crippen LogP contribution in [0.25, 0.3) is 10.9 Å². The van der Waals surface area contributed by atoms with Crippen LogP contribution >= 0.6 is 0 Å². The molecule has 2 aromatic carbocycles. The number of halogens is 2. The fraction of sp³-hybridized carbons (Fsp3) is 0.333. The van der Waals surface area contributed by atoms with E-state index in [2.05, 4.69) is 22.4 Å². The molecule has 1 aliphatic carbocycles. The molecule has 3 aromatic rings. The number of anilines is 1. The van der Waals surface area contributed by atoms with Crippen molar-refractivity contribution in [3.63, 3.8) is 0 Å². The highest BCUT2D eigenvalue weighted by molar-refractivity contribution is 5.92. The third-order valence-corrected chi connectivity index (χ3v) is 6.20. The van der Waals surface area contributed by atoms with Gasteiger partial charge >= 0.3 is 0 Å². The van der Waals surface area contributed by atoms with E-state index in [0.29, 0.717) is 5.92 Å². The topological polar surface area (TPSA) is 42.0 Å². The Bertz CT molecular complexity index is 1020. The molecule has 0 spiro atoms. The molecule has 0 radical (unpaired) electrons. The number of pyridine rings is 1. The number of carbonyl (C=O) groups is 1. The zero-order valence-corrected chi connectivity index (χ0v) is 16.4. The number of nitrogens with zero attached hydrogens (tertiary/aromatic N) is 1. The molecule has 4 rings (SSSR count). The first-order valence-corrected chi connectivity index (χ1v) is 10.1. The van der Waals surface area contributed by atoms with Crippen LogP contribution in [0.2, 0.25) is 0 Å². The molecule has 1 aliphatic rings. The number of hydrogen-bond donors (Lipinski definition) is 1. The Morgan fingerprint density at radius 2 is 1.79 bits per heavy atom. The summed E-state index contributed by atoms with van der Waals surface area (Å²) < 4.78 is 26.4. The normalized spacial score (nSPS) is 20.4.